The number of hydrogen-bond acceptors (Lipinski definition) is 6. The summed E-state index contributed by atoms with van der Waals surface area (Å²) in [5.41, 5.74) is 14.3. The Labute approximate surface area is 309 Å². The van der Waals surface area contributed by atoms with Gasteiger partial charge in [0, 0.05) is 62.9 Å². The van der Waals surface area contributed by atoms with E-state index in [0.29, 0.717) is 41.5 Å². The molecule has 0 atom stereocenters. The van der Waals surface area contributed by atoms with Crippen molar-refractivity contribution in [3.8, 4) is 22.3 Å². The number of H-pyrrole nitrogens is 2. The van der Waals surface area contributed by atoms with Crippen molar-refractivity contribution < 1.29 is 28.7 Å². The molecule has 2 aliphatic heterocycles. The number of aromatic nitrogens is 2. The van der Waals surface area contributed by atoms with Crippen LogP contribution in [0.1, 0.15) is 95.2 Å². The number of carbonyl (C=O) groups is 4. The zero-order valence-corrected chi connectivity index (χ0v) is 31.3. The second-order valence-electron chi connectivity index (χ2n) is 13.3. The van der Waals surface area contributed by atoms with Crippen molar-refractivity contribution in [2.75, 3.05) is 14.2 Å². The molecule has 0 fully saturated rings. The highest BCUT2D eigenvalue weighted by atomic mass is 16.5. The van der Waals surface area contributed by atoms with Gasteiger partial charge in [0.2, 0.25) is 0 Å². The molecule has 2 aliphatic rings. The number of methoxy groups -OCH3 is 2. The zero-order valence-electron chi connectivity index (χ0n) is 31.3. The normalized spacial score (nSPS) is 15.8. The van der Waals surface area contributed by atoms with Crippen molar-refractivity contribution in [2.45, 2.75) is 60.8 Å². The molecule has 4 heterocycles. The molecule has 53 heavy (non-hydrogen) atoms. The number of allylic oxidation sites excluding steroid dienone is 2. The van der Waals surface area contributed by atoms with Crippen molar-refractivity contribution >= 4 is 35.9 Å². The van der Waals surface area contributed by atoms with Gasteiger partial charge in [0.1, 0.15) is 0 Å². The van der Waals surface area contributed by atoms with Crippen molar-refractivity contribution in [2.24, 2.45) is 0 Å². The maximum atomic E-state index is 12.7. The fraction of sp³-hybridized carbons (Fsp3) is 0.256. The van der Waals surface area contributed by atoms with Gasteiger partial charge in [-0.25, -0.2) is 9.59 Å². The van der Waals surface area contributed by atoms with Crippen molar-refractivity contribution in [1.82, 2.24) is 20.6 Å². The van der Waals surface area contributed by atoms with E-state index in [-0.39, 0.29) is 11.8 Å². The zero-order chi connectivity index (χ0) is 38.1. The smallest absolute Gasteiger partial charge is 0.337 e. The highest BCUT2D eigenvalue weighted by molar-refractivity contribution is 6.02. The summed E-state index contributed by atoms with van der Waals surface area (Å²) in [7, 11) is 2.72. The Bertz CT molecular complexity index is 2160. The number of esters is 2. The largest absolute Gasteiger partial charge is 0.465 e. The van der Waals surface area contributed by atoms with Crippen LogP contribution in [0, 0.1) is 13.8 Å². The minimum atomic E-state index is -0.439. The molecule has 0 saturated heterocycles. The first-order valence-corrected chi connectivity index (χ1v) is 17.7. The average molecular weight is 713 g/mol. The van der Waals surface area contributed by atoms with E-state index >= 15 is 0 Å². The minimum absolute atomic E-state index is 0.111. The average Bonchev–Trinajstić information content (AvgIpc) is 3.82. The summed E-state index contributed by atoms with van der Waals surface area (Å²) < 4.78 is 10.1. The van der Waals surface area contributed by atoms with Crippen LogP contribution in [0.15, 0.2) is 82.2 Å². The Hall–Kier alpha value is -6.16. The number of rotatable bonds is 10. The first kappa shape index (κ1) is 36.6. The molecule has 0 unspecified atom stereocenters. The number of carbonyl (C=O) groups excluding carboxylic acids is 4. The van der Waals surface area contributed by atoms with E-state index in [9.17, 15) is 19.2 Å². The predicted molar refractivity (Wildman–Crippen MR) is 206 cm³/mol. The summed E-state index contributed by atoms with van der Waals surface area (Å²) in [6, 6.07) is 14.7. The van der Waals surface area contributed by atoms with Gasteiger partial charge in [0.25, 0.3) is 11.8 Å². The molecule has 10 heteroatoms. The summed E-state index contributed by atoms with van der Waals surface area (Å²) >= 11 is 0. The highest BCUT2D eigenvalue weighted by Crippen LogP contribution is 2.39. The molecule has 4 aromatic rings. The lowest BCUT2D eigenvalue weighted by molar-refractivity contribution is -0.117. The van der Waals surface area contributed by atoms with Crippen LogP contribution in [-0.4, -0.2) is 47.9 Å². The first-order valence-electron chi connectivity index (χ1n) is 17.7. The van der Waals surface area contributed by atoms with Gasteiger partial charge in [0.15, 0.2) is 0 Å². The van der Waals surface area contributed by atoms with Crippen LogP contribution in [-0.2, 0) is 25.5 Å². The van der Waals surface area contributed by atoms with E-state index in [1.54, 1.807) is 12.1 Å². The van der Waals surface area contributed by atoms with Gasteiger partial charge in [-0.2, -0.15) is 0 Å². The van der Waals surface area contributed by atoms with Gasteiger partial charge in [0.05, 0.1) is 25.3 Å². The summed E-state index contributed by atoms with van der Waals surface area (Å²) in [6.45, 7) is 11.8. The number of benzene rings is 2. The Morgan fingerprint density at radius 2 is 1.04 bits per heavy atom. The van der Waals surface area contributed by atoms with Crippen LogP contribution in [0.25, 0.3) is 34.4 Å². The molecule has 2 aromatic heterocycles. The Morgan fingerprint density at radius 1 is 0.642 bits per heavy atom. The third-order valence-electron chi connectivity index (χ3n) is 10.2. The summed E-state index contributed by atoms with van der Waals surface area (Å²) in [6.07, 6.45) is 5.73. The Balaban J connectivity index is 1.57. The van der Waals surface area contributed by atoms with Gasteiger partial charge in [-0.05, 0) is 110 Å². The molecule has 0 aliphatic carbocycles. The van der Waals surface area contributed by atoms with E-state index in [1.165, 1.54) is 14.2 Å². The maximum absolute atomic E-state index is 12.7. The number of nitrogens with one attached hydrogen (secondary N) is 4. The second-order valence-corrected chi connectivity index (χ2v) is 13.3. The van der Waals surface area contributed by atoms with Crippen molar-refractivity contribution in [3.05, 3.63) is 127 Å². The van der Waals surface area contributed by atoms with Crippen LogP contribution < -0.4 is 10.6 Å². The fourth-order valence-electron chi connectivity index (χ4n) is 7.42. The van der Waals surface area contributed by atoms with Gasteiger partial charge in [-0.3, -0.25) is 9.59 Å². The van der Waals surface area contributed by atoms with E-state index in [1.807, 2.05) is 90.1 Å². The molecular weight excluding hydrogens is 668 g/mol. The Kier molecular flexibility index (Phi) is 10.2. The maximum Gasteiger partial charge on any atom is 0.337 e. The van der Waals surface area contributed by atoms with Crippen LogP contribution in [0.5, 0.6) is 0 Å². The number of amides is 2. The number of aromatic amines is 2. The number of hydrogen-bond donors (Lipinski definition) is 4. The van der Waals surface area contributed by atoms with Gasteiger partial charge < -0.3 is 30.1 Å². The molecule has 0 spiro atoms. The van der Waals surface area contributed by atoms with Crippen molar-refractivity contribution in [1.29, 1.82) is 0 Å². The molecule has 0 radical (unpaired) electrons. The van der Waals surface area contributed by atoms with Crippen LogP contribution in [0.2, 0.25) is 0 Å². The third kappa shape index (κ3) is 6.80. The van der Waals surface area contributed by atoms with Gasteiger partial charge in [-0.1, -0.05) is 38.1 Å². The molecule has 2 amide bonds. The van der Waals surface area contributed by atoms with Crippen molar-refractivity contribution in [3.63, 3.8) is 0 Å². The van der Waals surface area contributed by atoms with E-state index < -0.39 is 11.9 Å². The molecule has 2 aromatic carbocycles. The monoisotopic (exact) mass is 712 g/mol. The SMILES string of the molecule is CCC1=C(C)C(=O)N/C1=C\c1[nH]c(Cc2[nH]c(/C=C3\NC(=O)C(C)=C3CC)c(C)c2-c2cccc(C(=O)OC)c2)c(-c2cccc(C(=O)OC)c2)c1C. The standard InChI is InChI=1S/C43H44N4O6/c1-9-30-22(3)40(48)46-34(30)19-32-24(5)38(26-13-11-15-28(17-26)42(50)52-7)36(44-32)21-37-39(27-14-12-16-29(18-27)43(51)53-8)25(6)33(45-37)20-35-31(10-2)23(4)41(49)47-35/h11-20,44-45H,9-10,21H2,1-8H3,(H,46,48)(H,47,49)/b34-19-,35-20-. The quantitative estimate of drug-likeness (QED) is 0.123. The lowest BCUT2D eigenvalue weighted by atomic mass is 9.94. The molecule has 4 N–H and O–H groups in total. The molecule has 6 rings (SSSR count). The molecule has 0 bridgehead atoms. The van der Waals surface area contributed by atoms with E-state index in [2.05, 4.69) is 20.6 Å². The summed E-state index contributed by atoms with van der Waals surface area (Å²) in [5, 5.41) is 6.05. The first-order chi connectivity index (χ1) is 25.4. The van der Waals surface area contributed by atoms with Gasteiger partial charge >= 0.3 is 11.9 Å². The Morgan fingerprint density at radius 3 is 1.40 bits per heavy atom. The van der Waals surface area contributed by atoms with Gasteiger partial charge in [-0.15, -0.1) is 0 Å². The summed E-state index contributed by atoms with van der Waals surface area (Å²) in [5.74, 6) is -1.10. The van der Waals surface area contributed by atoms with Crippen LogP contribution in [0.4, 0.5) is 0 Å². The lowest BCUT2D eigenvalue weighted by Gasteiger charge is -2.10. The molecule has 10 nitrogen and oxygen atoms in total. The van der Waals surface area contributed by atoms with E-state index in [0.717, 1.165) is 78.7 Å². The summed E-state index contributed by atoms with van der Waals surface area (Å²) in [4.78, 5) is 57.9. The number of ether oxygens (including phenoxy) is 2. The van der Waals surface area contributed by atoms with Crippen LogP contribution >= 0.6 is 0 Å². The minimum Gasteiger partial charge on any atom is -0.465 e. The van der Waals surface area contributed by atoms with E-state index in [4.69, 9.17) is 9.47 Å². The third-order valence-corrected chi connectivity index (χ3v) is 10.2. The molecular formula is C43H44N4O6. The lowest BCUT2D eigenvalue weighted by Crippen LogP contribution is -2.15. The van der Waals surface area contributed by atoms with Crippen LogP contribution in [0.3, 0.4) is 0 Å². The molecule has 272 valence electrons. The topological polar surface area (TPSA) is 142 Å². The fourth-order valence-corrected chi connectivity index (χ4v) is 7.42. The second kappa shape index (κ2) is 14.8. The predicted octanol–water partition coefficient (Wildman–Crippen LogP) is 7.85. The molecule has 0 saturated carbocycles. The highest BCUT2D eigenvalue weighted by Gasteiger charge is 2.27.